The number of hydrogen-bond acceptors (Lipinski definition) is 3. The zero-order valence-electron chi connectivity index (χ0n) is 13.9. The number of pyridine rings is 1. The van der Waals surface area contributed by atoms with E-state index in [1.54, 1.807) is 24.5 Å². The second-order valence-corrected chi connectivity index (χ2v) is 6.35. The average molecular weight is 332 g/mol. The number of benzene rings is 1. The molecule has 126 valence electrons. The van der Waals surface area contributed by atoms with E-state index < -0.39 is 0 Å². The quantitative estimate of drug-likeness (QED) is 0.798. The van der Waals surface area contributed by atoms with Gasteiger partial charge in [-0.15, -0.1) is 0 Å². The predicted molar refractivity (Wildman–Crippen MR) is 95.2 cm³/mol. The van der Waals surface area contributed by atoms with Crippen LogP contribution >= 0.6 is 0 Å². The van der Waals surface area contributed by atoms with Crippen molar-refractivity contribution in [1.82, 2.24) is 20.1 Å². The molecule has 25 heavy (non-hydrogen) atoms. The van der Waals surface area contributed by atoms with Crippen LogP contribution in [0.2, 0.25) is 0 Å². The first-order chi connectivity index (χ1) is 12.3. The fourth-order valence-electron chi connectivity index (χ4n) is 3.40. The summed E-state index contributed by atoms with van der Waals surface area (Å²) in [4.78, 5) is 16.5. The molecule has 0 saturated heterocycles. The highest BCUT2D eigenvalue weighted by molar-refractivity contribution is 5.94. The molecule has 2 aromatic heterocycles. The minimum absolute atomic E-state index is 0.0148. The van der Waals surface area contributed by atoms with E-state index in [2.05, 4.69) is 32.2 Å². The molecule has 5 heteroatoms. The minimum atomic E-state index is -0.0817. The van der Waals surface area contributed by atoms with Crippen LogP contribution in [0.3, 0.4) is 0 Å². The van der Waals surface area contributed by atoms with Crippen molar-refractivity contribution in [2.45, 2.75) is 31.8 Å². The third-order valence-corrected chi connectivity index (χ3v) is 4.67. The summed E-state index contributed by atoms with van der Waals surface area (Å²) >= 11 is 0. The fourth-order valence-corrected chi connectivity index (χ4v) is 3.40. The SMILES string of the molecule is O=C(N[C@H]1CCCc2c1cnn2Cc1ccccc1)c1cccnc1. The Bertz CT molecular complexity index is 858. The Labute approximate surface area is 146 Å². The lowest BCUT2D eigenvalue weighted by Gasteiger charge is -2.24. The Morgan fingerprint density at radius 2 is 2.04 bits per heavy atom. The number of aromatic nitrogens is 3. The Morgan fingerprint density at radius 1 is 1.16 bits per heavy atom. The Balaban J connectivity index is 1.54. The monoisotopic (exact) mass is 332 g/mol. The maximum absolute atomic E-state index is 12.4. The Hall–Kier alpha value is -2.95. The van der Waals surface area contributed by atoms with Crippen LogP contribution in [-0.4, -0.2) is 20.7 Å². The van der Waals surface area contributed by atoms with Crippen LogP contribution in [0.5, 0.6) is 0 Å². The highest BCUT2D eigenvalue weighted by Crippen LogP contribution is 2.30. The fraction of sp³-hybridized carbons (Fsp3) is 0.250. The van der Waals surface area contributed by atoms with Gasteiger partial charge in [-0.3, -0.25) is 14.5 Å². The number of amides is 1. The van der Waals surface area contributed by atoms with Gasteiger partial charge in [0, 0.05) is 23.7 Å². The van der Waals surface area contributed by atoms with E-state index in [4.69, 9.17) is 0 Å². The van der Waals surface area contributed by atoms with Gasteiger partial charge < -0.3 is 5.32 Å². The summed E-state index contributed by atoms with van der Waals surface area (Å²) < 4.78 is 2.06. The van der Waals surface area contributed by atoms with E-state index in [0.29, 0.717) is 5.56 Å². The lowest BCUT2D eigenvalue weighted by atomic mass is 9.92. The molecular weight excluding hydrogens is 312 g/mol. The topological polar surface area (TPSA) is 59.8 Å². The molecule has 1 amide bonds. The van der Waals surface area contributed by atoms with Gasteiger partial charge in [0.25, 0.3) is 5.91 Å². The van der Waals surface area contributed by atoms with Crippen molar-refractivity contribution in [3.05, 3.63) is 83.4 Å². The lowest BCUT2D eigenvalue weighted by molar-refractivity contribution is 0.0932. The van der Waals surface area contributed by atoms with Gasteiger partial charge in [0.05, 0.1) is 24.3 Å². The Morgan fingerprint density at radius 3 is 2.84 bits per heavy atom. The average Bonchev–Trinajstić information content (AvgIpc) is 3.07. The number of hydrogen-bond donors (Lipinski definition) is 1. The maximum Gasteiger partial charge on any atom is 0.253 e. The van der Waals surface area contributed by atoms with E-state index in [-0.39, 0.29) is 11.9 Å². The summed E-state index contributed by atoms with van der Waals surface area (Å²) in [6.07, 6.45) is 8.16. The van der Waals surface area contributed by atoms with Crippen molar-refractivity contribution in [2.75, 3.05) is 0 Å². The number of fused-ring (bicyclic) bond motifs is 1. The summed E-state index contributed by atoms with van der Waals surface area (Å²) in [5, 5.41) is 7.71. The van der Waals surface area contributed by atoms with Crippen molar-refractivity contribution in [2.24, 2.45) is 0 Å². The van der Waals surface area contributed by atoms with E-state index >= 15 is 0 Å². The predicted octanol–water partition coefficient (Wildman–Crippen LogP) is 3.13. The molecule has 0 unspecified atom stereocenters. The van der Waals surface area contributed by atoms with Gasteiger partial charge in [0.2, 0.25) is 0 Å². The highest BCUT2D eigenvalue weighted by Gasteiger charge is 2.25. The second kappa shape index (κ2) is 6.89. The summed E-state index contributed by atoms with van der Waals surface area (Å²) in [6, 6.07) is 13.9. The van der Waals surface area contributed by atoms with Gasteiger partial charge in [0.15, 0.2) is 0 Å². The Kier molecular flexibility index (Phi) is 4.29. The van der Waals surface area contributed by atoms with E-state index in [9.17, 15) is 4.79 Å². The number of rotatable bonds is 4. The van der Waals surface area contributed by atoms with E-state index in [1.807, 2.05) is 24.4 Å². The molecule has 0 aliphatic heterocycles. The van der Waals surface area contributed by atoms with Crippen LogP contribution in [0, 0.1) is 0 Å². The number of carbonyl (C=O) groups is 1. The summed E-state index contributed by atoms with van der Waals surface area (Å²) in [5.74, 6) is -0.0817. The van der Waals surface area contributed by atoms with Crippen LogP contribution in [0.15, 0.2) is 61.1 Å². The molecule has 1 aliphatic rings. The molecule has 5 nitrogen and oxygen atoms in total. The van der Waals surface area contributed by atoms with Crippen molar-refractivity contribution in [3.63, 3.8) is 0 Å². The van der Waals surface area contributed by atoms with E-state index in [1.165, 1.54) is 11.3 Å². The third-order valence-electron chi connectivity index (χ3n) is 4.67. The summed E-state index contributed by atoms with van der Waals surface area (Å²) in [5.41, 5.74) is 4.19. The highest BCUT2D eigenvalue weighted by atomic mass is 16.1. The van der Waals surface area contributed by atoms with E-state index in [0.717, 1.165) is 31.4 Å². The molecule has 0 bridgehead atoms. The van der Waals surface area contributed by atoms with Crippen molar-refractivity contribution in [1.29, 1.82) is 0 Å². The molecule has 0 fully saturated rings. The van der Waals surface area contributed by atoms with Crippen molar-refractivity contribution < 1.29 is 4.79 Å². The molecule has 3 aromatic rings. The number of nitrogens with zero attached hydrogens (tertiary/aromatic N) is 3. The minimum Gasteiger partial charge on any atom is -0.345 e. The molecule has 2 heterocycles. The number of nitrogens with one attached hydrogen (secondary N) is 1. The van der Waals surface area contributed by atoms with Gasteiger partial charge in [-0.1, -0.05) is 30.3 Å². The van der Waals surface area contributed by atoms with Gasteiger partial charge in [-0.25, -0.2) is 0 Å². The maximum atomic E-state index is 12.4. The van der Waals surface area contributed by atoms with Crippen molar-refractivity contribution in [3.8, 4) is 0 Å². The van der Waals surface area contributed by atoms with Gasteiger partial charge in [0.1, 0.15) is 0 Å². The van der Waals surface area contributed by atoms with Crippen LogP contribution in [-0.2, 0) is 13.0 Å². The summed E-state index contributed by atoms with van der Waals surface area (Å²) in [7, 11) is 0. The zero-order valence-corrected chi connectivity index (χ0v) is 13.9. The molecule has 1 N–H and O–H groups in total. The van der Waals surface area contributed by atoms with Crippen LogP contribution in [0.25, 0.3) is 0 Å². The van der Waals surface area contributed by atoms with Gasteiger partial charge >= 0.3 is 0 Å². The first-order valence-electron chi connectivity index (χ1n) is 8.60. The molecule has 0 radical (unpaired) electrons. The normalized spacial score (nSPS) is 16.2. The van der Waals surface area contributed by atoms with Crippen LogP contribution in [0.1, 0.15) is 46.1 Å². The van der Waals surface area contributed by atoms with Gasteiger partial charge in [-0.2, -0.15) is 5.10 Å². The summed E-state index contributed by atoms with van der Waals surface area (Å²) in [6.45, 7) is 0.763. The molecule has 1 atom stereocenters. The van der Waals surface area contributed by atoms with Gasteiger partial charge in [-0.05, 0) is 37.0 Å². The van der Waals surface area contributed by atoms with Crippen LogP contribution in [0.4, 0.5) is 0 Å². The van der Waals surface area contributed by atoms with Crippen LogP contribution < -0.4 is 5.32 Å². The first-order valence-corrected chi connectivity index (χ1v) is 8.60. The number of carbonyl (C=O) groups excluding carboxylic acids is 1. The molecule has 0 saturated carbocycles. The molecular formula is C20H20N4O. The molecule has 4 rings (SSSR count). The molecule has 1 aromatic carbocycles. The van der Waals surface area contributed by atoms with Crippen molar-refractivity contribution >= 4 is 5.91 Å². The molecule has 0 spiro atoms. The second-order valence-electron chi connectivity index (χ2n) is 6.35. The molecule has 1 aliphatic carbocycles. The smallest absolute Gasteiger partial charge is 0.253 e. The zero-order chi connectivity index (χ0) is 17.1. The largest absolute Gasteiger partial charge is 0.345 e. The first kappa shape index (κ1) is 15.6. The lowest BCUT2D eigenvalue weighted by Crippen LogP contribution is -2.31. The third kappa shape index (κ3) is 3.31. The standard InChI is InChI=1S/C20H20N4O/c25-20(16-8-5-11-21-12-16)23-18-9-4-10-19-17(18)13-22-24(19)14-15-6-2-1-3-7-15/h1-3,5-8,11-13,18H,4,9-10,14H2,(H,23,25)/t18-/m0/s1.